The Labute approximate surface area is 85.4 Å². The van der Waals surface area contributed by atoms with Crippen molar-refractivity contribution in [1.82, 2.24) is 0 Å². The van der Waals surface area contributed by atoms with Crippen molar-refractivity contribution in [2.24, 2.45) is 0 Å². The highest BCUT2D eigenvalue weighted by molar-refractivity contribution is 5.92. The fraction of sp³-hybridized carbons (Fsp3) is 0.636. The number of ether oxygens (including phenoxy) is 1. The lowest BCUT2D eigenvalue weighted by Crippen LogP contribution is -2.24. The molecule has 0 amide bonds. The average Bonchev–Trinajstić information content (AvgIpc) is 2.02. The Morgan fingerprint density at radius 2 is 2.07 bits per heavy atom. The van der Waals surface area contributed by atoms with Crippen LogP contribution >= 0.6 is 0 Å². The van der Waals surface area contributed by atoms with E-state index in [1.165, 1.54) is 0 Å². The van der Waals surface area contributed by atoms with Gasteiger partial charge >= 0.3 is 5.97 Å². The van der Waals surface area contributed by atoms with Crippen molar-refractivity contribution >= 4 is 5.97 Å². The van der Waals surface area contributed by atoms with Crippen molar-refractivity contribution in [2.45, 2.75) is 46.1 Å². The number of hydrogen-bond acceptors (Lipinski definition) is 3. The number of allylic oxidation sites excluding steroid dienone is 1. The smallest absolute Gasteiger partial charge is 0.349 e. The SMILES string of the molecule is CCC/C=C(\C#N)C(=O)OC(C)(C)C. The normalized spacial score (nSPS) is 12.1. The highest BCUT2D eigenvalue weighted by atomic mass is 16.6. The molecule has 0 atom stereocenters. The molecule has 0 N–H and O–H groups in total. The number of hydrogen-bond donors (Lipinski definition) is 0. The molecule has 0 aliphatic rings. The largest absolute Gasteiger partial charge is 0.456 e. The number of nitrogens with zero attached hydrogens (tertiary/aromatic N) is 1. The molecule has 0 aromatic rings. The maximum atomic E-state index is 11.4. The summed E-state index contributed by atoms with van der Waals surface area (Å²) >= 11 is 0. The van der Waals surface area contributed by atoms with Gasteiger partial charge in [-0.1, -0.05) is 19.4 Å². The van der Waals surface area contributed by atoms with Crippen molar-refractivity contribution in [3.05, 3.63) is 11.6 Å². The summed E-state index contributed by atoms with van der Waals surface area (Å²) in [5.41, 5.74) is -0.444. The molecule has 0 unspecified atom stereocenters. The topological polar surface area (TPSA) is 50.1 Å². The van der Waals surface area contributed by atoms with Gasteiger partial charge in [-0.25, -0.2) is 4.79 Å². The van der Waals surface area contributed by atoms with E-state index >= 15 is 0 Å². The third kappa shape index (κ3) is 5.36. The lowest BCUT2D eigenvalue weighted by Gasteiger charge is -2.18. The molecule has 78 valence electrons. The Morgan fingerprint density at radius 1 is 1.50 bits per heavy atom. The standard InChI is InChI=1S/C11H17NO2/c1-5-6-7-9(8-12)10(13)14-11(2,3)4/h7H,5-6H2,1-4H3/b9-7+. The predicted octanol–water partition coefficient (Wildman–Crippen LogP) is 2.58. The molecule has 0 radical (unpaired) electrons. The average molecular weight is 195 g/mol. The first-order valence-electron chi connectivity index (χ1n) is 4.74. The van der Waals surface area contributed by atoms with Gasteiger partial charge in [0.2, 0.25) is 0 Å². The molecule has 3 nitrogen and oxygen atoms in total. The molecule has 0 aliphatic heterocycles. The Balaban J connectivity index is 4.43. The van der Waals surface area contributed by atoms with Gasteiger partial charge in [0.25, 0.3) is 0 Å². The molecular formula is C11H17NO2. The first-order chi connectivity index (χ1) is 6.40. The Kier molecular flexibility index (Phi) is 4.93. The number of esters is 1. The highest BCUT2D eigenvalue weighted by Gasteiger charge is 2.19. The van der Waals surface area contributed by atoms with Crippen LogP contribution in [0.25, 0.3) is 0 Å². The van der Waals surface area contributed by atoms with Crippen molar-refractivity contribution < 1.29 is 9.53 Å². The van der Waals surface area contributed by atoms with E-state index in [4.69, 9.17) is 10.00 Å². The van der Waals surface area contributed by atoms with Gasteiger partial charge in [0.05, 0.1) is 0 Å². The minimum atomic E-state index is -0.542. The van der Waals surface area contributed by atoms with Crippen LogP contribution in [0.15, 0.2) is 11.6 Å². The molecule has 0 fully saturated rings. The van der Waals surface area contributed by atoms with Gasteiger partial charge in [0, 0.05) is 0 Å². The molecule has 14 heavy (non-hydrogen) atoms. The van der Waals surface area contributed by atoms with Crippen molar-refractivity contribution in [1.29, 1.82) is 5.26 Å². The van der Waals surface area contributed by atoms with Gasteiger partial charge < -0.3 is 4.74 Å². The van der Waals surface area contributed by atoms with E-state index in [9.17, 15) is 4.79 Å². The van der Waals surface area contributed by atoms with Crippen LogP contribution in [0.2, 0.25) is 0 Å². The Bertz CT molecular complexity index is 266. The summed E-state index contributed by atoms with van der Waals surface area (Å²) in [5, 5.41) is 8.70. The van der Waals surface area contributed by atoms with Crippen LogP contribution in [0.5, 0.6) is 0 Å². The first-order valence-corrected chi connectivity index (χ1v) is 4.74. The second kappa shape index (κ2) is 5.43. The molecule has 0 heterocycles. The molecule has 0 saturated heterocycles. The highest BCUT2D eigenvalue weighted by Crippen LogP contribution is 2.11. The second-order valence-electron chi connectivity index (χ2n) is 4.02. The van der Waals surface area contributed by atoms with Crippen LogP contribution < -0.4 is 0 Å². The van der Waals surface area contributed by atoms with E-state index in [1.54, 1.807) is 26.8 Å². The van der Waals surface area contributed by atoms with Crippen LogP contribution in [0, 0.1) is 11.3 Å². The van der Waals surface area contributed by atoms with E-state index in [1.807, 2.05) is 13.0 Å². The third-order valence-corrected chi connectivity index (χ3v) is 1.38. The Morgan fingerprint density at radius 3 is 2.43 bits per heavy atom. The molecule has 0 bridgehead atoms. The third-order valence-electron chi connectivity index (χ3n) is 1.38. The zero-order valence-corrected chi connectivity index (χ0v) is 9.26. The monoisotopic (exact) mass is 195 g/mol. The molecular weight excluding hydrogens is 178 g/mol. The molecule has 0 saturated carbocycles. The van der Waals surface area contributed by atoms with Gasteiger partial charge in [0.15, 0.2) is 0 Å². The van der Waals surface area contributed by atoms with Gasteiger partial charge in [0.1, 0.15) is 17.2 Å². The lowest BCUT2D eigenvalue weighted by molar-refractivity contribution is -0.149. The molecule has 0 rings (SSSR count). The fourth-order valence-electron chi connectivity index (χ4n) is 0.796. The number of unbranched alkanes of at least 4 members (excludes halogenated alkanes) is 1. The summed E-state index contributed by atoms with van der Waals surface area (Å²) in [4.78, 5) is 11.4. The second-order valence-corrected chi connectivity index (χ2v) is 4.02. The fourth-order valence-corrected chi connectivity index (χ4v) is 0.796. The molecule has 3 heteroatoms. The first kappa shape index (κ1) is 12.7. The van der Waals surface area contributed by atoms with Gasteiger partial charge in [-0.2, -0.15) is 5.26 Å². The maximum Gasteiger partial charge on any atom is 0.349 e. The van der Waals surface area contributed by atoms with Crippen LogP contribution in [0.1, 0.15) is 40.5 Å². The summed E-state index contributed by atoms with van der Waals surface area (Å²) in [6, 6.07) is 1.85. The summed E-state index contributed by atoms with van der Waals surface area (Å²) in [6.07, 6.45) is 3.25. The number of rotatable bonds is 3. The van der Waals surface area contributed by atoms with Crippen LogP contribution in [0.4, 0.5) is 0 Å². The zero-order chi connectivity index (χ0) is 11.2. The van der Waals surface area contributed by atoms with E-state index in [-0.39, 0.29) is 5.57 Å². The van der Waals surface area contributed by atoms with Gasteiger partial charge in [-0.05, 0) is 27.2 Å². The van der Waals surface area contributed by atoms with Crippen LogP contribution in [-0.4, -0.2) is 11.6 Å². The van der Waals surface area contributed by atoms with Crippen LogP contribution in [0.3, 0.4) is 0 Å². The summed E-state index contributed by atoms with van der Waals surface area (Å²) in [6.45, 7) is 7.32. The van der Waals surface area contributed by atoms with E-state index < -0.39 is 11.6 Å². The Hall–Kier alpha value is -1.30. The van der Waals surface area contributed by atoms with E-state index in [2.05, 4.69) is 0 Å². The predicted molar refractivity (Wildman–Crippen MR) is 54.4 cm³/mol. The van der Waals surface area contributed by atoms with Gasteiger partial charge in [-0.3, -0.25) is 0 Å². The summed E-state index contributed by atoms with van der Waals surface area (Å²) < 4.78 is 5.06. The lowest BCUT2D eigenvalue weighted by atomic mass is 10.1. The summed E-state index contributed by atoms with van der Waals surface area (Å²) in [7, 11) is 0. The molecule has 0 aromatic carbocycles. The summed E-state index contributed by atoms with van der Waals surface area (Å²) in [5.74, 6) is -0.534. The van der Waals surface area contributed by atoms with Crippen molar-refractivity contribution in [3.63, 3.8) is 0 Å². The number of carbonyl (C=O) groups excluding carboxylic acids is 1. The maximum absolute atomic E-state index is 11.4. The van der Waals surface area contributed by atoms with Crippen molar-refractivity contribution in [3.8, 4) is 6.07 Å². The zero-order valence-electron chi connectivity index (χ0n) is 9.26. The minimum Gasteiger partial charge on any atom is -0.456 e. The van der Waals surface area contributed by atoms with E-state index in [0.29, 0.717) is 0 Å². The van der Waals surface area contributed by atoms with Crippen molar-refractivity contribution in [2.75, 3.05) is 0 Å². The molecule has 0 aliphatic carbocycles. The van der Waals surface area contributed by atoms with Crippen LogP contribution in [-0.2, 0) is 9.53 Å². The quantitative estimate of drug-likeness (QED) is 0.395. The van der Waals surface area contributed by atoms with E-state index in [0.717, 1.165) is 12.8 Å². The number of nitriles is 1. The van der Waals surface area contributed by atoms with Gasteiger partial charge in [-0.15, -0.1) is 0 Å². The minimum absolute atomic E-state index is 0.0989. The number of carbonyl (C=O) groups is 1. The molecule has 0 aromatic heterocycles. The molecule has 0 spiro atoms.